The summed E-state index contributed by atoms with van der Waals surface area (Å²) in [5.41, 5.74) is -6.14. The highest BCUT2D eigenvalue weighted by Crippen LogP contribution is 2.48. The highest BCUT2D eigenvalue weighted by molar-refractivity contribution is 6.24. The van der Waals surface area contributed by atoms with E-state index in [0.29, 0.717) is 0 Å². The Morgan fingerprint density at radius 1 is 0.362 bits per heavy atom. The van der Waals surface area contributed by atoms with Crippen molar-refractivity contribution in [3.8, 4) is 33.4 Å². The lowest BCUT2D eigenvalue weighted by Gasteiger charge is -2.20. The van der Waals surface area contributed by atoms with Crippen LogP contribution in [0.15, 0.2) is 174 Å². The van der Waals surface area contributed by atoms with Gasteiger partial charge < -0.3 is 4.42 Å². The van der Waals surface area contributed by atoms with Crippen molar-refractivity contribution < 1.29 is 42.8 Å². The fraction of sp³-hybridized carbons (Fsp3) is 0. The van der Waals surface area contributed by atoms with Crippen molar-refractivity contribution in [2.45, 2.75) is 0 Å². The van der Waals surface area contributed by atoms with E-state index in [1.807, 2.05) is 0 Å². The predicted molar refractivity (Wildman–Crippen MR) is 200 cm³/mol. The Bertz CT molecular complexity index is 4360. The van der Waals surface area contributed by atoms with E-state index in [4.69, 9.17) is 29.1 Å². The summed E-state index contributed by atoms with van der Waals surface area (Å²) >= 11 is 0. The van der Waals surface area contributed by atoms with Crippen LogP contribution < -0.4 is 0 Å². The Morgan fingerprint density at radius 2 is 0.915 bits per heavy atom. The van der Waals surface area contributed by atoms with Crippen LogP contribution in [0.3, 0.4) is 0 Å². The molecule has 0 aliphatic carbocycles. The summed E-state index contributed by atoms with van der Waals surface area (Å²) in [6.07, 6.45) is 0. The van der Waals surface area contributed by atoms with Gasteiger partial charge in [-0.25, -0.2) is 0 Å². The number of hydrogen-bond donors (Lipinski definition) is 0. The molecular formula is C46H28O. The van der Waals surface area contributed by atoms with Crippen molar-refractivity contribution in [3.63, 3.8) is 0 Å². The first-order valence-electron chi connectivity index (χ1n) is 27.9. The molecule has 0 aliphatic rings. The minimum atomic E-state index is -1.10. The van der Waals surface area contributed by atoms with Crippen LogP contribution in [0.1, 0.15) is 38.4 Å². The number of furan rings is 1. The molecule has 1 heterocycles. The molecule has 0 aliphatic heterocycles. The molecule has 0 fully saturated rings. The van der Waals surface area contributed by atoms with E-state index in [-0.39, 0.29) is 0 Å². The quantitative estimate of drug-likeness (QED) is 0.178. The molecule has 9 aromatic carbocycles. The van der Waals surface area contributed by atoms with Crippen molar-refractivity contribution in [3.05, 3.63) is 169 Å². The molecule has 10 aromatic rings. The Balaban J connectivity index is 1.56. The number of hydrogen-bond acceptors (Lipinski definition) is 1. The summed E-state index contributed by atoms with van der Waals surface area (Å²) < 4.78 is 259. The fourth-order valence-corrected chi connectivity index (χ4v) is 5.87. The molecule has 0 saturated heterocycles. The minimum absolute atomic E-state index is 0.478. The molecule has 0 saturated carbocycles. The summed E-state index contributed by atoms with van der Waals surface area (Å²) in [6.45, 7) is 0. The van der Waals surface area contributed by atoms with Gasteiger partial charge in [-0.2, -0.15) is 0 Å². The zero-order valence-electron chi connectivity index (χ0n) is 51.4. The van der Waals surface area contributed by atoms with E-state index in [9.17, 15) is 13.7 Å². The summed E-state index contributed by atoms with van der Waals surface area (Å²) in [7, 11) is 0. The van der Waals surface area contributed by atoms with Crippen LogP contribution >= 0.6 is 0 Å². The van der Waals surface area contributed by atoms with Gasteiger partial charge in [0.25, 0.3) is 0 Å². The third kappa shape index (κ3) is 3.90. The number of benzene rings is 9. The van der Waals surface area contributed by atoms with Gasteiger partial charge in [-0.05, 0) is 89.2 Å². The smallest absolute Gasteiger partial charge is 0.143 e. The lowest BCUT2D eigenvalue weighted by molar-refractivity contribution is 0.673. The van der Waals surface area contributed by atoms with E-state index in [1.54, 1.807) is 0 Å². The first-order valence-corrected chi connectivity index (χ1v) is 13.9. The summed E-state index contributed by atoms with van der Waals surface area (Å²) in [4.78, 5) is 0. The zero-order chi connectivity index (χ0) is 55.3. The Hall–Kier alpha value is -6.18. The Kier molecular flexibility index (Phi) is 2.31. The number of fused-ring (bicyclic) bond motifs is 8. The number of rotatable bonds is 3. The SMILES string of the molecule is [2H]c1c([2H])c([2H])c(-c2c([2H])c([2H])c([2H])c3oc4c5c([2H])c([2H])c([2H])c([2H])c5c([2H])c([2H])c4c23)c(-c2c3c([2H])c([2H])c([2H])c([2H])c3c(-c3c([2H])c([2H])c4c([2H])c([2H])c([2H])c([2H])c4c3[2H])c3c([2H])c([2H])c([2H])c([2H])c23)c1[2H]. The van der Waals surface area contributed by atoms with Gasteiger partial charge in [-0.1, -0.05) is 151 Å². The average Bonchev–Trinajstić information content (AvgIpc) is 3.78. The van der Waals surface area contributed by atoms with Crippen LogP contribution in [-0.2, 0) is 0 Å². The second-order valence-corrected chi connectivity index (χ2v) is 10.3. The highest BCUT2D eigenvalue weighted by atomic mass is 16.3. The van der Waals surface area contributed by atoms with Crippen LogP contribution in [-0.4, -0.2) is 0 Å². The van der Waals surface area contributed by atoms with Gasteiger partial charge in [0.2, 0.25) is 0 Å². The van der Waals surface area contributed by atoms with E-state index in [2.05, 4.69) is 0 Å². The van der Waals surface area contributed by atoms with E-state index in [0.717, 1.165) is 0 Å². The normalized spacial score (nSPS) is 20.2. The van der Waals surface area contributed by atoms with Gasteiger partial charge in [0, 0.05) is 16.2 Å². The molecule has 218 valence electrons. The second kappa shape index (κ2) is 10.2. The maximum absolute atomic E-state index is 9.67. The van der Waals surface area contributed by atoms with Crippen molar-refractivity contribution in [2.75, 3.05) is 0 Å². The molecule has 0 unspecified atom stereocenters. The van der Waals surface area contributed by atoms with E-state index < -0.39 is 268 Å². The van der Waals surface area contributed by atoms with Crippen LogP contribution in [0, 0.1) is 0 Å². The van der Waals surface area contributed by atoms with Crippen molar-refractivity contribution in [1.82, 2.24) is 0 Å². The maximum Gasteiger partial charge on any atom is 0.143 e. The van der Waals surface area contributed by atoms with Gasteiger partial charge in [-0.3, -0.25) is 0 Å². The molecule has 1 heteroatoms. The Labute approximate surface area is 311 Å². The average molecular weight is 625 g/mol. The summed E-state index contributed by atoms with van der Waals surface area (Å²) in [5.74, 6) is 0. The lowest BCUT2D eigenvalue weighted by atomic mass is 9.83. The molecule has 0 spiro atoms. The van der Waals surface area contributed by atoms with Gasteiger partial charge in [-0.15, -0.1) is 0 Å². The first-order chi connectivity index (χ1) is 35.0. The predicted octanol–water partition coefficient (Wildman–Crippen LogP) is 13.2. The fourth-order valence-electron chi connectivity index (χ4n) is 5.87. The molecular weight excluding hydrogens is 569 g/mol. The first kappa shape index (κ1) is 10.7. The standard InChI is InChI=1S/C46H28O/c1-2-14-31-28-32(25-24-29(31)12-1)43-37-18-7-9-20-39(37)44(40-21-10-8-19-38(40)43)35-17-6-5-16-34(35)36-22-11-23-42-45(36)41-27-26-30-13-3-4-15-33(30)46(41)47-42/h1-28H/i1D,2D,3D,4D,5D,6D,7D,8D,9D,10D,11D,12D,13D,14D,15D,16D,17D,18D,19D,20D,21D,22D,23D,24D,25D,26D,27D,28D. The highest BCUT2D eigenvalue weighted by Gasteiger charge is 2.21. The van der Waals surface area contributed by atoms with Crippen LogP contribution in [0.2, 0.25) is 0 Å². The van der Waals surface area contributed by atoms with Crippen LogP contribution in [0.4, 0.5) is 0 Å². The van der Waals surface area contributed by atoms with Gasteiger partial charge in [0.05, 0.1) is 38.4 Å². The molecule has 0 atom stereocenters. The third-order valence-corrected chi connectivity index (χ3v) is 7.81. The largest absolute Gasteiger partial charge is 0.455 e. The molecule has 0 bridgehead atoms. The van der Waals surface area contributed by atoms with E-state index in [1.165, 1.54) is 0 Å². The summed E-state index contributed by atoms with van der Waals surface area (Å²) in [5, 5.41) is -6.52. The van der Waals surface area contributed by atoms with Gasteiger partial charge in [0.1, 0.15) is 11.2 Å². The lowest BCUT2D eigenvalue weighted by Crippen LogP contribution is -1.93. The zero-order valence-corrected chi connectivity index (χ0v) is 23.4. The second-order valence-electron chi connectivity index (χ2n) is 10.3. The molecule has 1 nitrogen and oxygen atoms in total. The van der Waals surface area contributed by atoms with Crippen molar-refractivity contribution >= 4 is 65.0 Å². The molecule has 0 radical (unpaired) electrons. The third-order valence-electron chi connectivity index (χ3n) is 7.81. The molecule has 0 amide bonds. The minimum Gasteiger partial charge on any atom is -0.455 e. The van der Waals surface area contributed by atoms with Crippen molar-refractivity contribution in [1.29, 1.82) is 0 Å². The molecule has 1 aromatic heterocycles. The topological polar surface area (TPSA) is 13.1 Å². The van der Waals surface area contributed by atoms with Crippen LogP contribution in [0.5, 0.6) is 0 Å². The molecule has 0 N–H and O–H groups in total. The molecule has 10 rings (SSSR count). The Morgan fingerprint density at radius 3 is 1.66 bits per heavy atom. The van der Waals surface area contributed by atoms with Gasteiger partial charge in [0.15, 0.2) is 0 Å². The van der Waals surface area contributed by atoms with Gasteiger partial charge >= 0.3 is 0 Å². The molecule has 47 heavy (non-hydrogen) atoms. The monoisotopic (exact) mass is 624 g/mol. The van der Waals surface area contributed by atoms with Crippen molar-refractivity contribution in [2.24, 2.45) is 0 Å². The summed E-state index contributed by atoms with van der Waals surface area (Å²) in [6, 6.07) is -26.5. The van der Waals surface area contributed by atoms with Crippen LogP contribution in [0.25, 0.3) is 98.4 Å². The van der Waals surface area contributed by atoms with E-state index >= 15 is 0 Å². The maximum atomic E-state index is 9.67.